The Morgan fingerprint density at radius 3 is 2.38 bits per heavy atom. The van der Waals surface area contributed by atoms with E-state index in [1.165, 1.54) is 38.5 Å². The molecule has 2 aliphatic carbocycles. The minimum atomic E-state index is 0.581. The van der Waals surface area contributed by atoms with Crippen LogP contribution in [0.1, 0.15) is 45.4 Å². The van der Waals surface area contributed by atoms with E-state index in [9.17, 15) is 0 Å². The molecule has 2 nitrogen and oxygen atoms in total. The van der Waals surface area contributed by atoms with E-state index in [2.05, 4.69) is 12.3 Å². The van der Waals surface area contributed by atoms with Gasteiger partial charge in [0.1, 0.15) is 0 Å². The summed E-state index contributed by atoms with van der Waals surface area (Å²) in [4.78, 5) is 0. The highest BCUT2D eigenvalue weighted by Crippen LogP contribution is 2.41. The Morgan fingerprint density at radius 1 is 1.31 bits per heavy atom. The van der Waals surface area contributed by atoms with E-state index < -0.39 is 0 Å². The lowest BCUT2D eigenvalue weighted by atomic mass is 9.78. The predicted molar refractivity (Wildman–Crippen MR) is 55.0 cm³/mol. The zero-order chi connectivity index (χ0) is 9.26. The predicted octanol–water partition coefficient (Wildman–Crippen LogP) is 2.05. The van der Waals surface area contributed by atoms with Crippen molar-refractivity contribution in [3.8, 4) is 0 Å². The minimum absolute atomic E-state index is 0.581. The molecule has 3 N–H and O–H groups in total. The smallest absolute Gasteiger partial charge is 0.0241 e. The molecule has 0 heterocycles. The van der Waals surface area contributed by atoms with Crippen LogP contribution in [0.5, 0.6) is 0 Å². The van der Waals surface area contributed by atoms with E-state index in [0.717, 1.165) is 17.8 Å². The van der Waals surface area contributed by atoms with Gasteiger partial charge in [0.15, 0.2) is 0 Å². The van der Waals surface area contributed by atoms with Crippen LogP contribution in [0.4, 0.5) is 0 Å². The molecule has 2 atom stereocenters. The number of rotatable bonds is 5. The lowest BCUT2D eigenvalue weighted by molar-refractivity contribution is 0.218. The largest absolute Gasteiger partial charge is 0.271 e. The summed E-state index contributed by atoms with van der Waals surface area (Å²) in [6.45, 7) is 2.36. The van der Waals surface area contributed by atoms with Crippen LogP contribution >= 0.6 is 0 Å². The molecule has 2 rings (SSSR count). The highest BCUT2D eigenvalue weighted by molar-refractivity contribution is 4.87. The molecule has 0 aromatic rings. The quantitative estimate of drug-likeness (QED) is 0.504. The summed E-state index contributed by atoms with van der Waals surface area (Å²) < 4.78 is 0. The van der Waals surface area contributed by atoms with Crippen molar-refractivity contribution in [2.75, 3.05) is 0 Å². The van der Waals surface area contributed by atoms with E-state index >= 15 is 0 Å². The van der Waals surface area contributed by atoms with Crippen molar-refractivity contribution in [1.29, 1.82) is 0 Å². The Hall–Kier alpha value is -0.0800. The van der Waals surface area contributed by atoms with Crippen LogP contribution in [0, 0.1) is 17.8 Å². The van der Waals surface area contributed by atoms with Crippen molar-refractivity contribution in [1.82, 2.24) is 5.43 Å². The zero-order valence-electron chi connectivity index (χ0n) is 8.63. The molecule has 2 fully saturated rings. The highest BCUT2D eigenvalue weighted by atomic mass is 15.2. The summed E-state index contributed by atoms with van der Waals surface area (Å²) in [5.41, 5.74) is 3.02. The third-order valence-corrected chi connectivity index (χ3v) is 4.03. The SMILES string of the molecule is CC(C1CC1)C(CC1CCC1)NN. The van der Waals surface area contributed by atoms with Crippen LogP contribution in [-0.4, -0.2) is 6.04 Å². The molecule has 0 saturated heterocycles. The van der Waals surface area contributed by atoms with Crippen molar-refractivity contribution in [3.63, 3.8) is 0 Å². The normalized spacial score (nSPS) is 28.2. The van der Waals surface area contributed by atoms with Gasteiger partial charge in [-0.25, -0.2) is 0 Å². The summed E-state index contributed by atoms with van der Waals surface area (Å²) in [6.07, 6.45) is 8.51. The monoisotopic (exact) mass is 182 g/mol. The van der Waals surface area contributed by atoms with E-state index in [-0.39, 0.29) is 0 Å². The van der Waals surface area contributed by atoms with Gasteiger partial charge < -0.3 is 0 Å². The first-order valence-corrected chi connectivity index (χ1v) is 5.77. The van der Waals surface area contributed by atoms with Crippen molar-refractivity contribution in [2.24, 2.45) is 23.6 Å². The molecular weight excluding hydrogens is 160 g/mol. The Morgan fingerprint density at radius 2 is 2.00 bits per heavy atom. The standard InChI is InChI=1S/C11H22N2/c1-8(10-5-6-10)11(13-12)7-9-3-2-4-9/h8-11,13H,2-7,12H2,1H3. The molecule has 2 saturated carbocycles. The molecule has 2 aliphatic rings. The van der Waals surface area contributed by atoms with Gasteiger partial charge in [0, 0.05) is 6.04 Å². The van der Waals surface area contributed by atoms with Gasteiger partial charge in [0.2, 0.25) is 0 Å². The second kappa shape index (κ2) is 3.97. The van der Waals surface area contributed by atoms with Gasteiger partial charge >= 0.3 is 0 Å². The summed E-state index contributed by atoms with van der Waals surface area (Å²) in [5, 5.41) is 0. The fraction of sp³-hybridized carbons (Fsp3) is 1.00. The first kappa shape index (κ1) is 9.47. The maximum Gasteiger partial charge on any atom is 0.0241 e. The molecule has 0 radical (unpaired) electrons. The van der Waals surface area contributed by atoms with Crippen LogP contribution in [0.2, 0.25) is 0 Å². The van der Waals surface area contributed by atoms with Crippen molar-refractivity contribution >= 4 is 0 Å². The molecule has 13 heavy (non-hydrogen) atoms. The first-order valence-electron chi connectivity index (χ1n) is 5.77. The zero-order valence-corrected chi connectivity index (χ0v) is 8.63. The lowest BCUT2D eigenvalue weighted by Crippen LogP contribution is -2.42. The molecular formula is C11H22N2. The fourth-order valence-corrected chi connectivity index (χ4v) is 2.47. The van der Waals surface area contributed by atoms with Crippen molar-refractivity contribution < 1.29 is 0 Å². The number of hydrazine groups is 1. The second-order valence-corrected chi connectivity index (χ2v) is 5.00. The first-order chi connectivity index (χ1) is 6.31. The molecule has 0 bridgehead atoms. The van der Waals surface area contributed by atoms with Crippen LogP contribution in [0.3, 0.4) is 0 Å². The topological polar surface area (TPSA) is 38.0 Å². The Bertz CT molecular complexity index is 161. The van der Waals surface area contributed by atoms with Gasteiger partial charge in [-0.15, -0.1) is 0 Å². The third-order valence-electron chi connectivity index (χ3n) is 4.03. The van der Waals surface area contributed by atoms with Gasteiger partial charge in [-0.3, -0.25) is 11.3 Å². The molecule has 0 aliphatic heterocycles. The van der Waals surface area contributed by atoms with E-state index in [1.807, 2.05) is 0 Å². The summed E-state index contributed by atoms with van der Waals surface area (Å²) in [5.74, 6) is 8.36. The van der Waals surface area contributed by atoms with E-state index in [4.69, 9.17) is 5.84 Å². The summed E-state index contributed by atoms with van der Waals surface area (Å²) >= 11 is 0. The average molecular weight is 182 g/mol. The highest BCUT2D eigenvalue weighted by Gasteiger charge is 2.34. The molecule has 0 amide bonds. The summed E-state index contributed by atoms with van der Waals surface area (Å²) in [7, 11) is 0. The molecule has 2 unspecified atom stereocenters. The number of nitrogens with two attached hydrogens (primary N) is 1. The van der Waals surface area contributed by atoms with Gasteiger partial charge in [0.05, 0.1) is 0 Å². The van der Waals surface area contributed by atoms with E-state index in [1.54, 1.807) is 0 Å². The van der Waals surface area contributed by atoms with Crippen molar-refractivity contribution in [3.05, 3.63) is 0 Å². The van der Waals surface area contributed by atoms with Crippen LogP contribution in [-0.2, 0) is 0 Å². The Labute approximate surface area is 81.2 Å². The van der Waals surface area contributed by atoms with Gasteiger partial charge in [-0.1, -0.05) is 26.2 Å². The molecule has 0 aromatic heterocycles. The Balaban J connectivity index is 1.76. The maximum atomic E-state index is 5.62. The van der Waals surface area contributed by atoms with E-state index in [0.29, 0.717) is 6.04 Å². The maximum absolute atomic E-state index is 5.62. The summed E-state index contributed by atoms with van der Waals surface area (Å²) in [6, 6.07) is 0.581. The lowest BCUT2D eigenvalue weighted by Gasteiger charge is -2.32. The van der Waals surface area contributed by atoms with Crippen LogP contribution in [0.25, 0.3) is 0 Å². The average Bonchev–Trinajstić information content (AvgIpc) is 2.84. The van der Waals surface area contributed by atoms with Crippen molar-refractivity contribution in [2.45, 2.75) is 51.5 Å². The van der Waals surface area contributed by atoms with Crippen LogP contribution < -0.4 is 11.3 Å². The third kappa shape index (κ3) is 2.23. The second-order valence-electron chi connectivity index (χ2n) is 5.00. The molecule has 2 heteroatoms. The minimum Gasteiger partial charge on any atom is -0.271 e. The molecule has 76 valence electrons. The van der Waals surface area contributed by atoms with Gasteiger partial charge in [0.25, 0.3) is 0 Å². The Kier molecular flexibility index (Phi) is 2.89. The van der Waals surface area contributed by atoms with Gasteiger partial charge in [-0.2, -0.15) is 0 Å². The fourth-order valence-electron chi connectivity index (χ4n) is 2.47. The van der Waals surface area contributed by atoms with Gasteiger partial charge in [-0.05, 0) is 37.0 Å². The van der Waals surface area contributed by atoms with Crippen LogP contribution in [0.15, 0.2) is 0 Å². The molecule has 0 spiro atoms. The number of hydrogen-bond donors (Lipinski definition) is 2. The number of hydrogen-bond acceptors (Lipinski definition) is 2. The number of nitrogens with one attached hydrogen (secondary N) is 1. The molecule has 0 aromatic carbocycles.